The third-order valence-corrected chi connectivity index (χ3v) is 1.55. The molecule has 14 heavy (non-hydrogen) atoms. The van der Waals surface area contributed by atoms with E-state index in [-0.39, 0.29) is 38.4 Å². The average molecular weight is 291 g/mol. The molecule has 68 valence electrons. The van der Waals surface area contributed by atoms with Gasteiger partial charge in [0.05, 0.1) is 11.9 Å². The molecule has 0 saturated carbocycles. The summed E-state index contributed by atoms with van der Waals surface area (Å²) in [4.78, 5) is 20.8. The fraction of sp³-hybridized carbons (Fsp3) is 0.111. The van der Waals surface area contributed by atoms with Gasteiger partial charge in [-0.15, -0.1) is 0 Å². The molecule has 0 N–H and O–H groups in total. The zero-order chi connectivity index (χ0) is 10.0. The molecule has 0 bridgehead atoms. The Kier molecular flexibility index (Phi) is 4.75. The van der Waals surface area contributed by atoms with Crippen LogP contribution in [-0.4, -0.2) is 11.9 Å². The number of hydrogen-bond donors (Lipinski definition) is 0. The van der Waals surface area contributed by atoms with E-state index >= 15 is 0 Å². The van der Waals surface area contributed by atoms with E-state index in [1.807, 2.05) is 0 Å². The van der Waals surface area contributed by atoms with Gasteiger partial charge < -0.3 is 19.8 Å². The first-order chi connectivity index (χ1) is 6.00. The van der Waals surface area contributed by atoms with Crippen LogP contribution in [-0.2, 0) is 27.3 Å². The van der Waals surface area contributed by atoms with Gasteiger partial charge in [0.15, 0.2) is 0 Å². The number of carbonyl (C=O) groups excluding carboxylic acids is 2. The predicted octanol–water partition coefficient (Wildman–Crippen LogP) is -1.28. The first kappa shape index (κ1) is 13.1. The Morgan fingerprint density at radius 2 is 1.36 bits per heavy atom. The van der Waals surface area contributed by atoms with Crippen LogP contribution in [0.15, 0.2) is 18.2 Å². The Morgan fingerprint density at radius 3 is 1.64 bits per heavy atom. The molecule has 0 radical (unpaired) electrons. The summed E-state index contributed by atoms with van der Waals surface area (Å²) in [5, 5.41) is 20.8. The third-order valence-electron chi connectivity index (χ3n) is 1.55. The summed E-state index contributed by atoms with van der Waals surface area (Å²) in [6.45, 7) is 1.60. The van der Waals surface area contributed by atoms with Crippen molar-refractivity contribution in [1.29, 1.82) is 0 Å². The maximum atomic E-state index is 10.4. The molecule has 5 heteroatoms. The first-order valence-electron chi connectivity index (χ1n) is 3.55. The zero-order valence-electron chi connectivity index (χ0n) is 7.57. The van der Waals surface area contributed by atoms with Crippen LogP contribution >= 0.6 is 0 Å². The van der Waals surface area contributed by atoms with Gasteiger partial charge in [-0.25, -0.2) is 0 Å². The van der Waals surface area contributed by atoms with Gasteiger partial charge in [0, 0.05) is 0 Å². The Labute approximate surface area is 101 Å². The zero-order valence-corrected chi connectivity index (χ0v) is 11.6. The number of rotatable bonds is 2. The fourth-order valence-electron chi connectivity index (χ4n) is 1.02. The maximum absolute atomic E-state index is 10.4. The molecule has 0 aromatic heterocycles. The van der Waals surface area contributed by atoms with Crippen molar-refractivity contribution < 1.29 is 47.1 Å². The Balaban J connectivity index is 0.00000169. The number of benzene rings is 1. The van der Waals surface area contributed by atoms with E-state index in [1.54, 1.807) is 6.92 Å². The Hall–Kier alpha value is -0.918. The number of hydrogen-bond acceptors (Lipinski definition) is 4. The quantitative estimate of drug-likeness (QED) is 0.636. The van der Waals surface area contributed by atoms with Gasteiger partial charge in [0.25, 0.3) is 0 Å². The molecule has 1 rings (SSSR count). The Morgan fingerprint density at radius 1 is 1.00 bits per heavy atom. The van der Waals surface area contributed by atoms with Crippen LogP contribution in [0.3, 0.4) is 0 Å². The maximum Gasteiger partial charge on any atom is 2.00 e. The molecular weight excluding hydrogens is 285 g/mol. The molecule has 0 aliphatic heterocycles. The van der Waals surface area contributed by atoms with Crippen molar-refractivity contribution in [2.75, 3.05) is 0 Å². The van der Waals surface area contributed by atoms with Crippen LogP contribution < -0.4 is 10.2 Å². The van der Waals surface area contributed by atoms with E-state index in [0.717, 1.165) is 6.07 Å². The van der Waals surface area contributed by atoms with E-state index in [1.165, 1.54) is 12.1 Å². The van der Waals surface area contributed by atoms with Crippen molar-refractivity contribution in [3.05, 3.63) is 34.9 Å². The molecule has 0 aliphatic rings. The van der Waals surface area contributed by atoms with Crippen LogP contribution in [0.4, 0.5) is 0 Å². The monoisotopic (exact) mass is 292 g/mol. The summed E-state index contributed by atoms with van der Waals surface area (Å²) in [5.41, 5.74) is 0.235. The fourth-order valence-corrected chi connectivity index (χ4v) is 1.02. The molecule has 0 fully saturated rings. The summed E-state index contributed by atoms with van der Waals surface area (Å²) in [7, 11) is 0. The summed E-state index contributed by atoms with van der Waals surface area (Å²) in [6.07, 6.45) is 0. The van der Waals surface area contributed by atoms with Gasteiger partial charge in [0.1, 0.15) is 0 Å². The second-order valence-electron chi connectivity index (χ2n) is 2.66. The van der Waals surface area contributed by atoms with Crippen molar-refractivity contribution in [1.82, 2.24) is 0 Å². The van der Waals surface area contributed by atoms with E-state index in [2.05, 4.69) is 0 Å². The van der Waals surface area contributed by atoms with Crippen LogP contribution in [0.25, 0.3) is 0 Å². The van der Waals surface area contributed by atoms with Crippen molar-refractivity contribution in [2.24, 2.45) is 0 Å². The van der Waals surface area contributed by atoms with E-state index in [0.29, 0.717) is 5.56 Å². The summed E-state index contributed by atoms with van der Waals surface area (Å²) in [6, 6.07) is 3.68. The largest absolute Gasteiger partial charge is 2.00 e. The molecule has 0 amide bonds. The minimum Gasteiger partial charge on any atom is -0.545 e. The molecule has 0 unspecified atom stereocenters. The van der Waals surface area contributed by atoms with Crippen LogP contribution in [0.2, 0.25) is 0 Å². The smallest absolute Gasteiger partial charge is 0.545 e. The molecule has 0 aliphatic carbocycles. The molecule has 0 saturated heterocycles. The van der Waals surface area contributed by atoms with Gasteiger partial charge in [0.2, 0.25) is 0 Å². The standard InChI is InChI=1S/C9H8O4.Cd/c1-5-2-6(8(10)11)4-7(3-5)9(12)13;/h2-4H,1H3,(H,10,11)(H,12,13);/q;+2/p-2. The molecule has 0 heterocycles. The van der Waals surface area contributed by atoms with Crippen molar-refractivity contribution in [3.63, 3.8) is 0 Å². The molecule has 1 aromatic carbocycles. The molecule has 0 spiro atoms. The second kappa shape index (κ2) is 5.09. The number of carbonyl (C=O) groups is 2. The number of carboxylic acid groups (broad SMARTS) is 2. The van der Waals surface area contributed by atoms with Crippen molar-refractivity contribution >= 4 is 11.9 Å². The second-order valence-corrected chi connectivity index (χ2v) is 2.66. The summed E-state index contributed by atoms with van der Waals surface area (Å²) >= 11 is 0. The minimum absolute atomic E-state index is 0. The van der Waals surface area contributed by atoms with E-state index in [4.69, 9.17) is 0 Å². The number of aromatic carboxylic acids is 2. The first-order valence-corrected chi connectivity index (χ1v) is 3.55. The van der Waals surface area contributed by atoms with Gasteiger partial charge in [-0.1, -0.05) is 12.1 Å². The normalized spacial score (nSPS) is 8.93. The average Bonchev–Trinajstić information content (AvgIpc) is 2.03. The minimum atomic E-state index is -1.40. The van der Waals surface area contributed by atoms with Gasteiger partial charge in [-0.2, -0.15) is 0 Å². The van der Waals surface area contributed by atoms with Gasteiger partial charge in [-0.3, -0.25) is 0 Å². The molecule has 1 aromatic rings. The SMILES string of the molecule is Cc1cc(C(=O)[O-])cc(C(=O)[O-])c1.[Cd+2]. The Bertz CT molecular complexity index is 341. The van der Waals surface area contributed by atoms with Crippen LogP contribution in [0, 0.1) is 6.92 Å². The van der Waals surface area contributed by atoms with E-state index in [9.17, 15) is 19.8 Å². The predicted molar refractivity (Wildman–Crippen MR) is 39.8 cm³/mol. The van der Waals surface area contributed by atoms with Gasteiger partial charge >= 0.3 is 27.3 Å². The van der Waals surface area contributed by atoms with E-state index < -0.39 is 11.9 Å². The van der Waals surface area contributed by atoms with Crippen molar-refractivity contribution in [3.8, 4) is 0 Å². The van der Waals surface area contributed by atoms with Gasteiger partial charge in [-0.05, 0) is 29.7 Å². The van der Waals surface area contributed by atoms with Crippen molar-refractivity contribution in [2.45, 2.75) is 6.92 Å². The summed E-state index contributed by atoms with van der Waals surface area (Å²) < 4.78 is 0. The van der Waals surface area contributed by atoms with Crippen LogP contribution in [0.1, 0.15) is 26.3 Å². The summed E-state index contributed by atoms with van der Waals surface area (Å²) in [5.74, 6) is -2.79. The number of carboxylic acids is 2. The topological polar surface area (TPSA) is 80.3 Å². The molecule has 0 atom stereocenters. The number of aryl methyl sites for hydroxylation is 1. The molecule has 4 nitrogen and oxygen atoms in total. The van der Waals surface area contributed by atoms with Crippen LogP contribution in [0.5, 0.6) is 0 Å². The molecular formula is C9H6CdO4. The third kappa shape index (κ3) is 3.09.